The fourth-order valence-electron chi connectivity index (χ4n) is 5.85. The van der Waals surface area contributed by atoms with E-state index in [9.17, 15) is 0 Å². The predicted molar refractivity (Wildman–Crippen MR) is 173 cm³/mol. The zero-order valence-electron chi connectivity index (χ0n) is 22.8. The van der Waals surface area contributed by atoms with Crippen LogP contribution in [0.5, 0.6) is 0 Å². The zero-order chi connectivity index (χ0) is 27.9. The number of hydrogen-bond acceptors (Lipinski definition) is 2. The molecule has 0 spiro atoms. The normalized spacial score (nSPS) is 12.6. The summed E-state index contributed by atoms with van der Waals surface area (Å²) < 4.78 is 2.24. The number of aromatic nitrogens is 4. The Morgan fingerprint density at radius 3 is 2.17 bits per heavy atom. The van der Waals surface area contributed by atoms with E-state index in [0.29, 0.717) is 0 Å². The maximum atomic E-state index is 5.06. The first-order chi connectivity index (χ1) is 20.8. The summed E-state index contributed by atoms with van der Waals surface area (Å²) in [5.41, 5.74) is 6.27. The van der Waals surface area contributed by atoms with Crippen molar-refractivity contribution in [3.05, 3.63) is 162 Å². The molecule has 0 fully saturated rings. The smallest absolute Gasteiger partial charge is 0.145 e. The molecule has 4 heteroatoms. The minimum absolute atomic E-state index is 0.921. The molecule has 0 bridgehead atoms. The summed E-state index contributed by atoms with van der Waals surface area (Å²) in [4.78, 5) is 13.5. The van der Waals surface area contributed by atoms with Gasteiger partial charge in [-0.05, 0) is 59.5 Å². The summed E-state index contributed by atoms with van der Waals surface area (Å²) in [5.74, 6) is 0.921. The second kappa shape index (κ2) is 10.0. The number of nitrogens with one attached hydrogen (secondary N) is 1. The van der Waals surface area contributed by atoms with Gasteiger partial charge in [-0.15, -0.1) is 0 Å². The van der Waals surface area contributed by atoms with E-state index in [1.165, 1.54) is 16.2 Å². The molecule has 0 amide bonds. The molecular weight excluding hydrogens is 512 g/mol. The van der Waals surface area contributed by atoms with E-state index in [0.717, 1.165) is 55.5 Å². The average molecular weight is 539 g/mol. The van der Waals surface area contributed by atoms with Crippen molar-refractivity contribution in [3.8, 4) is 17.1 Å². The van der Waals surface area contributed by atoms with E-state index < -0.39 is 0 Å². The Kier molecular flexibility index (Phi) is 5.75. The van der Waals surface area contributed by atoms with Crippen molar-refractivity contribution < 1.29 is 0 Å². The molecule has 0 saturated heterocycles. The number of fused-ring (bicyclic) bond motifs is 3. The lowest BCUT2D eigenvalue weighted by atomic mass is 10.1. The highest BCUT2D eigenvalue weighted by atomic mass is 15.1. The maximum absolute atomic E-state index is 5.06. The van der Waals surface area contributed by atoms with Gasteiger partial charge in [0.05, 0.1) is 16.7 Å². The Hall–Kier alpha value is -5.74. The van der Waals surface area contributed by atoms with E-state index in [4.69, 9.17) is 9.97 Å². The minimum Gasteiger partial charge on any atom is -0.354 e. The van der Waals surface area contributed by atoms with Crippen LogP contribution in [0.15, 0.2) is 140 Å². The third-order valence-corrected chi connectivity index (χ3v) is 7.79. The topological polar surface area (TPSA) is 46.5 Å². The molecule has 42 heavy (non-hydrogen) atoms. The lowest BCUT2D eigenvalue weighted by Gasteiger charge is -2.10. The summed E-state index contributed by atoms with van der Waals surface area (Å²) in [6.07, 6.45) is 6.25. The van der Waals surface area contributed by atoms with E-state index in [2.05, 4.69) is 143 Å². The summed E-state index contributed by atoms with van der Waals surface area (Å²) in [6.45, 7) is 0. The van der Waals surface area contributed by atoms with Crippen LogP contribution in [0.2, 0.25) is 0 Å². The van der Waals surface area contributed by atoms with Gasteiger partial charge in [-0.2, -0.15) is 0 Å². The molecule has 8 aromatic rings. The van der Waals surface area contributed by atoms with Crippen molar-refractivity contribution in [2.75, 3.05) is 0 Å². The molecule has 1 N–H and O–H groups in total. The quantitative estimate of drug-likeness (QED) is 0.254. The number of nitrogens with zero attached hydrogens (tertiary/aromatic N) is 3. The van der Waals surface area contributed by atoms with E-state index in [-0.39, 0.29) is 0 Å². The second-order valence-electron chi connectivity index (χ2n) is 10.4. The van der Waals surface area contributed by atoms with Crippen LogP contribution in [-0.4, -0.2) is 19.5 Å². The number of rotatable bonds is 4. The van der Waals surface area contributed by atoms with Crippen LogP contribution < -0.4 is 10.7 Å². The predicted octanol–water partition coefficient (Wildman–Crippen LogP) is 7.38. The van der Waals surface area contributed by atoms with Gasteiger partial charge in [-0.3, -0.25) is 9.55 Å². The molecule has 4 nitrogen and oxygen atoms in total. The lowest BCUT2D eigenvalue weighted by Crippen LogP contribution is -2.10. The molecule has 0 radical (unpaired) electrons. The van der Waals surface area contributed by atoms with Crippen molar-refractivity contribution in [3.63, 3.8) is 0 Å². The first kappa shape index (κ1) is 24.1. The van der Waals surface area contributed by atoms with E-state index >= 15 is 0 Å². The summed E-state index contributed by atoms with van der Waals surface area (Å²) >= 11 is 0. The minimum atomic E-state index is 0.921. The van der Waals surface area contributed by atoms with Crippen LogP contribution >= 0.6 is 0 Å². The fourth-order valence-corrected chi connectivity index (χ4v) is 5.85. The molecule has 0 aliphatic rings. The Morgan fingerprint density at radius 2 is 1.31 bits per heavy atom. The lowest BCUT2D eigenvalue weighted by molar-refractivity contribution is 1.10. The Morgan fingerprint density at radius 1 is 0.595 bits per heavy atom. The SMILES string of the molecule is C(/c1cccc(-c2nc3ccccc3n2-c2ccccc2)c1)=c1/[nH]/c(=C\c2nccc3ccccc23)c2ccccc12. The van der Waals surface area contributed by atoms with Crippen LogP contribution in [0.4, 0.5) is 0 Å². The molecule has 0 aliphatic carbocycles. The van der Waals surface area contributed by atoms with Gasteiger partial charge in [-0.1, -0.05) is 97.1 Å². The molecule has 3 heterocycles. The third-order valence-electron chi connectivity index (χ3n) is 7.79. The van der Waals surface area contributed by atoms with Gasteiger partial charge in [0, 0.05) is 44.3 Å². The highest BCUT2D eigenvalue weighted by Gasteiger charge is 2.14. The summed E-state index contributed by atoms with van der Waals surface area (Å²) in [6, 6.07) is 46.3. The van der Waals surface area contributed by atoms with E-state index in [1.54, 1.807) is 0 Å². The van der Waals surface area contributed by atoms with Crippen LogP contribution in [0.25, 0.3) is 61.8 Å². The third kappa shape index (κ3) is 4.18. The van der Waals surface area contributed by atoms with Gasteiger partial charge in [-0.25, -0.2) is 4.98 Å². The Balaban J connectivity index is 1.29. The number of imidazole rings is 1. The Labute approximate surface area is 242 Å². The average Bonchev–Trinajstić information content (AvgIpc) is 3.60. The summed E-state index contributed by atoms with van der Waals surface area (Å²) in [7, 11) is 0. The highest BCUT2D eigenvalue weighted by molar-refractivity contribution is 5.91. The van der Waals surface area contributed by atoms with Crippen LogP contribution in [0, 0.1) is 0 Å². The molecule has 0 unspecified atom stereocenters. The monoisotopic (exact) mass is 538 g/mol. The number of para-hydroxylation sites is 3. The molecule has 8 rings (SSSR count). The van der Waals surface area contributed by atoms with Crippen LogP contribution in [0.1, 0.15) is 11.3 Å². The number of hydrogen-bond donors (Lipinski definition) is 1. The highest BCUT2D eigenvalue weighted by Crippen LogP contribution is 2.29. The molecule has 5 aromatic carbocycles. The van der Waals surface area contributed by atoms with Gasteiger partial charge in [0.2, 0.25) is 0 Å². The summed E-state index contributed by atoms with van der Waals surface area (Å²) in [5, 5.41) is 6.76. The first-order valence-electron chi connectivity index (χ1n) is 14.1. The molecular formula is C38H26N4. The van der Waals surface area contributed by atoms with Gasteiger partial charge in [0.1, 0.15) is 5.82 Å². The van der Waals surface area contributed by atoms with Crippen LogP contribution in [-0.2, 0) is 0 Å². The first-order valence-corrected chi connectivity index (χ1v) is 14.1. The van der Waals surface area contributed by atoms with Crippen molar-refractivity contribution in [1.29, 1.82) is 0 Å². The number of H-pyrrole nitrogens is 1. The molecule has 0 aliphatic heterocycles. The zero-order valence-corrected chi connectivity index (χ0v) is 22.8. The van der Waals surface area contributed by atoms with Crippen LogP contribution in [0.3, 0.4) is 0 Å². The number of benzene rings is 5. The molecule has 0 atom stereocenters. The van der Waals surface area contributed by atoms with Gasteiger partial charge in [0.15, 0.2) is 0 Å². The second-order valence-corrected chi connectivity index (χ2v) is 10.4. The van der Waals surface area contributed by atoms with Gasteiger partial charge in [0.25, 0.3) is 0 Å². The largest absolute Gasteiger partial charge is 0.354 e. The molecule has 0 saturated carbocycles. The molecule has 198 valence electrons. The number of pyridine rings is 1. The van der Waals surface area contributed by atoms with Crippen molar-refractivity contribution in [2.45, 2.75) is 0 Å². The number of aromatic amines is 1. The molecule has 3 aromatic heterocycles. The van der Waals surface area contributed by atoms with Gasteiger partial charge < -0.3 is 4.98 Å². The van der Waals surface area contributed by atoms with Crippen molar-refractivity contribution in [2.24, 2.45) is 0 Å². The van der Waals surface area contributed by atoms with Crippen molar-refractivity contribution in [1.82, 2.24) is 19.5 Å². The van der Waals surface area contributed by atoms with Gasteiger partial charge >= 0.3 is 0 Å². The standard InChI is InChI=1S/C38H26N4/c1-2-14-29(15-3-1)42-37-20-9-8-19-33(37)41-38(42)28-13-10-11-26(23-28)24-35-31-17-6-7-18-32(31)36(40-35)25-34-30-16-5-4-12-27(30)21-22-39-34/h1-25,40H/b35-24-,36-25-. The Bertz CT molecular complexity index is 2360. The van der Waals surface area contributed by atoms with Crippen molar-refractivity contribution >= 4 is 44.7 Å². The maximum Gasteiger partial charge on any atom is 0.145 e. The fraction of sp³-hybridized carbons (Fsp3) is 0. The van der Waals surface area contributed by atoms with E-state index in [1.807, 2.05) is 18.3 Å².